The molecule has 1 saturated carbocycles. The summed E-state index contributed by atoms with van der Waals surface area (Å²) >= 11 is 0. The van der Waals surface area contributed by atoms with Crippen LogP contribution < -0.4 is 0 Å². The van der Waals surface area contributed by atoms with Crippen molar-refractivity contribution in [3.8, 4) is 0 Å². The second kappa shape index (κ2) is 5.49. The van der Waals surface area contributed by atoms with Crippen LogP contribution in [0, 0.1) is 5.41 Å². The quantitative estimate of drug-likeness (QED) is 0.483. The van der Waals surface area contributed by atoms with Crippen molar-refractivity contribution in [3.05, 3.63) is 0 Å². The van der Waals surface area contributed by atoms with Gasteiger partial charge in [-0.05, 0) is 19.3 Å². The smallest absolute Gasteiger partial charge is 0.180 e. The summed E-state index contributed by atoms with van der Waals surface area (Å²) in [5.41, 5.74) is -0.311. The molecule has 3 nitrogen and oxygen atoms in total. The summed E-state index contributed by atoms with van der Waals surface area (Å²) in [5.74, 6) is -0.568. The predicted octanol–water partition coefficient (Wildman–Crippen LogP) is 3.07. The highest BCUT2D eigenvalue weighted by atomic mass is 16.7. The van der Waals surface area contributed by atoms with Gasteiger partial charge in [0, 0.05) is 6.42 Å². The molecule has 17 heavy (non-hydrogen) atoms. The molecule has 1 aliphatic heterocycles. The highest BCUT2D eigenvalue weighted by Crippen LogP contribution is 2.57. The summed E-state index contributed by atoms with van der Waals surface area (Å²) in [5, 5.41) is 0. The Bertz CT molecular complexity index is 252. The summed E-state index contributed by atoms with van der Waals surface area (Å²) in [4.78, 5) is 11.3. The SMILES string of the molecule is CCCCCCCC1(C2(C=O)CC2)OCCO1. The minimum absolute atomic E-state index is 0.311. The van der Waals surface area contributed by atoms with Crippen LogP contribution in [-0.4, -0.2) is 25.3 Å². The molecule has 0 atom stereocenters. The highest BCUT2D eigenvalue weighted by molar-refractivity contribution is 5.65. The Morgan fingerprint density at radius 3 is 2.24 bits per heavy atom. The lowest BCUT2D eigenvalue weighted by molar-refractivity contribution is -0.206. The molecule has 0 bridgehead atoms. The first kappa shape index (κ1) is 13.0. The summed E-state index contributed by atoms with van der Waals surface area (Å²) < 4.78 is 11.6. The molecule has 0 aromatic heterocycles. The van der Waals surface area contributed by atoms with E-state index in [1.807, 2.05) is 0 Å². The maximum atomic E-state index is 11.3. The normalized spacial score (nSPS) is 24.8. The van der Waals surface area contributed by atoms with Crippen LogP contribution in [0.25, 0.3) is 0 Å². The number of carbonyl (C=O) groups excluding carboxylic acids is 1. The van der Waals surface area contributed by atoms with Crippen LogP contribution in [0.5, 0.6) is 0 Å². The van der Waals surface area contributed by atoms with Crippen molar-refractivity contribution in [1.29, 1.82) is 0 Å². The van der Waals surface area contributed by atoms with Crippen molar-refractivity contribution >= 4 is 6.29 Å². The third kappa shape index (κ3) is 2.55. The van der Waals surface area contributed by atoms with Crippen molar-refractivity contribution < 1.29 is 14.3 Å². The zero-order chi connectivity index (χ0) is 12.2. The van der Waals surface area contributed by atoms with Gasteiger partial charge >= 0.3 is 0 Å². The van der Waals surface area contributed by atoms with E-state index in [2.05, 4.69) is 6.92 Å². The molecule has 0 unspecified atom stereocenters. The fourth-order valence-corrected chi connectivity index (χ4v) is 2.82. The Hall–Kier alpha value is -0.410. The van der Waals surface area contributed by atoms with Crippen LogP contribution in [0.2, 0.25) is 0 Å². The maximum Gasteiger partial charge on any atom is 0.180 e. The number of rotatable bonds is 8. The van der Waals surface area contributed by atoms with E-state index in [0.29, 0.717) is 13.2 Å². The number of aldehydes is 1. The molecule has 98 valence electrons. The molecule has 3 heteroatoms. The topological polar surface area (TPSA) is 35.5 Å². The standard InChI is InChI=1S/C14H24O3/c1-2-3-4-5-6-7-14(16-10-11-17-14)13(12-15)8-9-13/h12H,2-11H2,1H3. The van der Waals surface area contributed by atoms with Crippen molar-refractivity contribution in [3.63, 3.8) is 0 Å². The van der Waals surface area contributed by atoms with Crippen LogP contribution in [0.3, 0.4) is 0 Å². The third-order valence-electron chi connectivity index (χ3n) is 4.14. The molecule has 0 aromatic rings. The Balaban J connectivity index is 1.83. The van der Waals surface area contributed by atoms with Gasteiger partial charge in [-0.1, -0.05) is 32.6 Å². The molecule has 2 rings (SSSR count). The predicted molar refractivity (Wildman–Crippen MR) is 65.7 cm³/mol. The Morgan fingerprint density at radius 1 is 1.06 bits per heavy atom. The monoisotopic (exact) mass is 240 g/mol. The number of carbonyl (C=O) groups is 1. The molecule has 0 N–H and O–H groups in total. The van der Waals surface area contributed by atoms with E-state index in [4.69, 9.17) is 9.47 Å². The second-order valence-corrected chi connectivity index (χ2v) is 5.39. The Kier molecular flexibility index (Phi) is 4.21. The van der Waals surface area contributed by atoms with Gasteiger partial charge in [-0.15, -0.1) is 0 Å². The van der Waals surface area contributed by atoms with Crippen LogP contribution >= 0.6 is 0 Å². The number of ether oxygens (including phenoxy) is 2. The van der Waals surface area contributed by atoms with Gasteiger partial charge in [-0.25, -0.2) is 0 Å². The van der Waals surface area contributed by atoms with Crippen LogP contribution in [0.4, 0.5) is 0 Å². The van der Waals surface area contributed by atoms with E-state index >= 15 is 0 Å². The minimum atomic E-state index is -0.568. The van der Waals surface area contributed by atoms with Crippen LogP contribution in [-0.2, 0) is 14.3 Å². The fraction of sp³-hybridized carbons (Fsp3) is 0.929. The average Bonchev–Trinajstić information content (AvgIpc) is 3.03. The molecule has 0 aromatic carbocycles. The minimum Gasteiger partial charge on any atom is -0.347 e. The van der Waals surface area contributed by atoms with Gasteiger partial charge in [0.2, 0.25) is 0 Å². The Morgan fingerprint density at radius 2 is 1.71 bits per heavy atom. The van der Waals surface area contributed by atoms with Crippen molar-refractivity contribution in [2.75, 3.05) is 13.2 Å². The van der Waals surface area contributed by atoms with E-state index in [9.17, 15) is 4.79 Å². The summed E-state index contributed by atoms with van der Waals surface area (Å²) in [7, 11) is 0. The van der Waals surface area contributed by atoms with E-state index in [1.54, 1.807) is 0 Å². The summed E-state index contributed by atoms with van der Waals surface area (Å²) in [6.07, 6.45) is 9.99. The van der Waals surface area contributed by atoms with Gasteiger partial charge in [0.05, 0.1) is 18.6 Å². The summed E-state index contributed by atoms with van der Waals surface area (Å²) in [6, 6.07) is 0. The number of hydrogen-bond acceptors (Lipinski definition) is 3. The van der Waals surface area contributed by atoms with Gasteiger partial charge in [-0.3, -0.25) is 0 Å². The summed E-state index contributed by atoms with van der Waals surface area (Å²) in [6.45, 7) is 3.51. The van der Waals surface area contributed by atoms with Crippen molar-refractivity contribution in [2.45, 2.75) is 64.1 Å². The Labute approximate surface area is 104 Å². The largest absolute Gasteiger partial charge is 0.347 e. The maximum absolute atomic E-state index is 11.3. The lowest BCUT2D eigenvalue weighted by Gasteiger charge is -2.32. The van der Waals surface area contributed by atoms with Gasteiger partial charge in [0.25, 0.3) is 0 Å². The lowest BCUT2D eigenvalue weighted by atomic mass is 9.91. The van der Waals surface area contributed by atoms with E-state index in [1.165, 1.54) is 25.7 Å². The second-order valence-electron chi connectivity index (χ2n) is 5.39. The molecule has 0 amide bonds. The first-order chi connectivity index (χ1) is 8.29. The van der Waals surface area contributed by atoms with E-state index < -0.39 is 5.79 Å². The highest BCUT2D eigenvalue weighted by Gasteiger charge is 2.62. The molecule has 0 radical (unpaired) electrons. The molecular formula is C14H24O3. The first-order valence-corrected chi connectivity index (χ1v) is 7.03. The van der Waals surface area contributed by atoms with E-state index in [-0.39, 0.29) is 5.41 Å². The van der Waals surface area contributed by atoms with Crippen LogP contribution in [0.1, 0.15) is 58.3 Å². The van der Waals surface area contributed by atoms with Gasteiger partial charge in [-0.2, -0.15) is 0 Å². The fourth-order valence-electron chi connectivity index (χ4n) is 2.82. The molecule has 1 heterocycles. The van der Waals surface area contributed by atoms with Gasteiger partial charge in [0.15, 0.2) is 5.79 Å². The van der Waals surface area contributed by atoms with Crippen molar-refractivity contribution in [2.24, 2.45) is 5.41 Å². The zero-order valence-corrected chi connectivity index (χ0v) is 10.9. The molecule has 1 saturated heterocycles. The molecule has 2 aliphatic rings. The zero-order valence-electron chi connectivity index (χ0n) is 10.9. The average molecular weight is 240 g/mol. The van der Waals surface area contributed by atoms with Crippen LogP contribution in [0.15, 0.2) is 0 Å². The molecular weight excluding hydrogens is 216 g/mol. The number of unbranched alkanes of at least 4 members (excludes halogenated alkanes) is 4. The number of hydrogen-bond donors (Lipinski definition) is 0. The van der Waals surface area contributed by atoms with Gasteiger partial charge in [0.1, 0.15) is 6.29 Å². The van der Waals surface area contributed by atoms with Crippen molar-refractivity contribution in [1.82, 2.24) is 0 Å². The third-order valence-corrected chi connectivity index (χ3v) is 4.14. The lowest BCUT2D eigenvalue weighted by Crippen LogP contribution is -2.42. The molecule has 1 aliphatic carbocycles. The van der Waals surface area contributed by atoms with Gasteiger partial charge < -0.3 is 14.3 Å². The molecule has 0 spiro atoms. The molecule has 2 fully saturated rings. The first-order valence-electron chi connectivity index (χ1n) is 7.03. The van der Waals surface area contributed by atoms with E-state index in [0.717, 1.165) is 32.0 Å².